The Bertz CT molecular complexity index is 907. The van der Waals surface area contributed by atoms with E-state index in [1.165, 1.54) is 6.08 Å². The molecular formula is C20H25N3O3S. The number of rotatable bonds is 8. The van der Waals surface area contributed by atoms with Gasteiger partial charge in [-0.3, -0.25) is 4.79 Å². The van der Waals surface area contributed by atoms with E-state index in [4.69, 9.17) is 0 Å². The van der Waals surface area contributed by atoms with E-state index in [9.17, 15) is 13.2 Å². The first kappa shape index (κ1) is 20.7. The molecule has 6 nitrogen and oxygen atoms in total. The second kappa shape index (κ2) is 9.34. The van der Waals surface area contributed by atoms with Gasteiger partial charge in [0.05, 0.1) is 0 Å². The third-order valence-corrected chi connectivity index (χ3v) is 5.00. The Morgan fingerprint density at radius 1 is 1.11 bits per heavy atom. The zero-order valence-corrected chi connectivity index (χ0v) is 16.6. The van der Waals surface area contributed by atoms with Crippen molar-refractivity contribution in [3.8, 4) is 0 Å². The minimum Gasteiger partial charge on any atom is -0.378 e. The largest absolute Gasteiger partial charge is 0.378 e. The van der Waals surface area contributed by atoms with E-state index in [2.05, 4.69) is 10.0 Å². The number of carbonyl (C=O) groups excluding carboxylic acids is 1. The van der Waals surface area contributed by atoms with Crippen LogP contribution in [-0.4, -0.2) is 35.0 Å². The zero-order chi connectivity index (χ0) is 19.9. The van der Waals surface area contributed by atoms with E-state index >= 15 is 0 Å². The lowest BCUT2D eigenvalue weighted by atomic mass is 10.1. The van der Waals surface area contributed by atoms with Gasteiger partial charge in [-0.1, -0.05) is 30.3 Å². The van der Waals surface area contributed by atoms with Gasteiger partial charge in [0.2, 0.25) is 15.9 Å². The molecule has 0 fully saturated rings. The second-order valence-electron chi connectivity index (χ2n) is 6.34. The molecule has 0 heterocycles. The summed E-state index contributed by atoms with van der Waals surface area (Å²) in [7, 11) is 0.312. The number of aryl methyl sites for hydroxylation is 1. The van der Waals surface area contributed by atoms with Crippen LogP contribution in [0.5, 0.6) is 0 Å². The molecule has 0 aliphatic heterocycles. The summed E-state index contributed by atoms with van der Waals surface area (Å²) < 4.78 is 26.3. The van der Waals surface area contributed by atoms with Crippen LogP contribution in [-0.2, 0) is 14.8 Å². The number of benzene rings is 2. The van der Waals surface area contributed by atoms with E-state index in [0.717, 1.165) is 27.9 Å². The Balaban J connectivity index is 1.84. The van der Waals surface area contributed by atoms with Gasteiger partial charge in [-0.2, -0.15) is 0 Å². The van der Waals surface area contributed by atoms with Crippen molar-refractivity contribution in [3.63, 3.8) is 0 Å². The number of anilines is 2. The smallest absolute Gasteiger partial charge is 0.233 e. The van der Waals surface area contributed by atoms with Crippen LogP contribution in [0.2, 0.25) is 0 Å². The highest BCUT2D eigenvalue weighted by Gasteiger charge is 2.09. The number of nitrogens with one attached hydrogen (secondary N) is 2. The summed E-state index contributed by atoms with van der Waals surface area (Å²) in [5.74, 6) is -0.245. The molecule has 144 valence electrons. The van der Waals surface area contributed by atoms with Crippen LogP contribution in [0.1, 0.15) is 17.5 Å². The molecule has 1 amide bonds. The van der Waals surface area contributed by atoms with E-state index < -0.39 is 10.0 Å². The van der Waals surface area contributed by atoms with Crippen LogP contribution < -0.4 is 14.9 Å². The summed E-state index contributed by atoms with van der Waals surface area (Å²) in [5, 5.41) is 3.91. The quantitative estimate of drug-likeness (QED) is 0.730. The number of sulfonamides is 1. The number of amides is 1. The molecule has 0 radical (unpaired) electrons. The molecule has 0 atom stereocenters. The van der Waals surface area contributed by atoms with E-state index in [1.807, 2.05) is 74.4 Å². The van der Waals surface area contributed by atoms with Gasteiger partial charge in [0.15, 0.2) is 0 Å². The van der Waals surface area contributed by atoms with Gasteiger partial charge < -0.3 is 10.2 Å². The molecule has 0 saturated carbocycles. The lowest BCUT2D eigenvalue weighted by Gasteiger charge is -2.15. The fourth-order valence-corrected chi connectivity index (χ4v) is 3.19. The standard InChI is InChI=1S/C20H25N3O3S/c1-16-15-18(23(2)3)9-10-19(16)22-20(24)11-13-21-27(25,26)14-12-17-7-5-4-6-8-17/h4-10,12,14-15,21H,11,13H2,1-3H3,(H,22,24)/b14-12+. The molecule has 0 aromatic heterocycles. The fourth-order valence-electron chi connectivity index (χ4n) is 2.37. The normalized spacial score (nSPS) is 11.5. The summed E-state index contributed by atoms with van der Waals surface area (Å²) in [6.07, 6.45) is 1.56. The van der Waals surface area contributed by atoms with Crippen molar-refractivity contribution in [1.82, 2.24) is 4.72 Å². The van der Waals surface area contributed by atoms with Crippen molar-refractivity contribution in [2.75, 3.05) is 30.9 Å². The molecule has 0 aliphatic carbocycles. The van der Waals surface area contributed by atoms with Crippen molar-refractivity contribution in [2.45, 2.75) is 13.3 Å². The number of hydrogen-bond acceptors (Lipinski definition) is 4. The third kappa shape index (κ3) is 6.88. The van der Waals surface area contributed by atoms with Gasteiger partial charge in [-0.25, -0.2) is 13.1 Å². The molecule has 2 aromatic rings. The molecule has 2 N–H and O–H groups in total. The maximum atomic E-state index is 12.1. The van der Waals surface area contributed by atoms with Gasteiger partial charge in [0, 0.05) is 43.8 Å². The highest BCUT2D eigenvalue weighted by Crippen LogP contribution is 2.21. The molecule has 0 saturated heterocycles. The number of nitrogens with zero attached hydrogens (tertiary/aromatic N) is 1. The van der Waals surface area contributed by atoms with Crippen molar-refractivity contribution in [3.05, 3.63) is 65.1 Å². The Labute approximate surface area is 161 Å². The maximum Gasteiger partial charge on any atom is 0.233 e. The van der Waals surface area contributed by atoms with Crippen LogP contribution in [0, 0.1) is 6.92 Å². The van der Waals surface area contributed by atoms with E-state index in [0.29, 0.717) is 0 Å². The lowest BCUT2D eigenvalue weighted by molar-refractivity contribution is -0.116. The van der Waals surface area contributed by atoms with Crippen LogP contribution in [0.25, 0.3) is 6.08 Å². The molecule has 7 heteroatoms. The Hall–Kier alpha value is -2.64. The van der Waals surface area contributed by atoms with Crippen molar-refractivity contribution in [2.24, 2.45) is 0 Å². The molecule has 0 spiro atoms. The summed E-state index contributed by atoms with van der Waals surface area (Å²) >= 11 is 0. The lowest BCUT2D eigenvalue weighted by Crippen LogP contribution is -2.26. The summed E-state index contributed by atoms with van der Waals surface area (Å²) in [6.45, 7) is 1.95. The van der Waals surface area contributed by atoms with Crippen molar-refractivity contribution in [1.29, 1.82) is 0 Å². The average molecular weight is 388 g/mol. The van der Waals surface area contributed by atoms with Crippen LogP contribution in [0.3, 0.4) is 0 Å². The van der Waals surface area contributed by atoms with Gasteiger partial charge in [-0.15, -0.1) is 0 Å². The zero-order valence-electron chi connectivity index (χ0n) is 15.8. The number of hydrogen-bond donors (Lipinski definition) is 2. The molecule has 2 aromatic carbocycles. The molecule has 0 aliphatic rings. The number of carbonyl (C=O) groups is 1. The van der Waals surface area contributed by atoms with Gasteiger partial charge >= 0.3 is 0 Å². The first-order valence-electron chi connectivity index (χ1n) is 8.57. The predicted molar refractivity (Wildman–Crippen MR) is 111 cm³/mol. The second-order valence-corrected chi connectivity index (χ2v) is 8.00. The Morgan fingerprint density at radius 3 is 2.44 bits per heavy atom. The Kier molecular flexibility index (Phi) is 7.15. The van der Waals surface area contributed by atoms with Crippen LogP contribution in [0.15, 0.2) is 53.9 Å². The summed E-state index contributed by atoms with van der Waals surface area (Å²) in [5.41, 5.74) is 3.50. The van der Waals surface area contributed by atoms with Gasteiger partial charge in [0.25, 0.3) is 0 Å². The molecule has 2 rings (SSSR count). The van der Waals surface area contributed by atoms with E-state index in [1.54, 1.807) is 0 Å². The highest BCUT2D eigenvalue weighted by molar-refractivity contribution is 7.92. The average Bonchev–Trinajstić information content (AvgIpc) is 2.62. The fraction of sp³-hybridized carbons (Fsp3) is 0.250. The predicted octanol–water partition coefficient (Wildman–Crippen LogP) is 2.98. The van der Waals surface area contributed by atoms with E-state index in [-0.39, 0.29) is 18.9 Å². The first-order valence-corrected chi connectivity index (χ1v) is 10.1. The summed E-state index contributed by atoms with van der Waals surface area (Å²) in [4.78, 5) is 14.1. The highest BCUT2D eigenvalue weighted by atomic mass is 32.2. The Morgan fingerprint density at radius 2 is 1.81 bits per heavy atom. The molecule has 0 bridgehead atoms. The molecule has 0 unspecified atom stereocenters. The topological polar surface area (TPSA) is 78.5 Å². The third-order valence-electron chi connectivity index (χ3n) is 3.90. The van der Waals surface area contributed by atoms with Crippen LogP contribution >= 0.6 is 0 Å². The minimum absolute atomic E-state index is 0.0299. The summed E-state index contributed by atoms with van der Waals surface area (Å²) in [6, 6.07) is 14.9. The minimum atomic E-state index is -3.59. The van der Waals surface area contributed by atoms with Crippen molar-refractivity contribution < 1.29 is 13.2 Å². The molecule has 27 heavy (non-hydrogen) atoms. The van der Waals surface area contributed by atoms with Gasteiger partial charge in [0.1, 0.15) is 0 Å². The monoisotopic (exact) mass is 387 g/mol. The van der Waals surface area contributed by atoms with Crippen LogP contribution in [0.4, 0.5) is 11.4 Å². The molecular weight excluding hydrogens is 362 g/mol. The maximum absolute atomic E-state index is 12.1. The first-order chi connectivity index (χ1) is 12.8. The van der Waals surface area contributed by atoms with Gasteiger partial charge in [-0.05, 0) is 42.3 Å². The SMILES string of the molecule is Cc1cc(N(C)C)ccc1NC(=O)CCNS(=O)(=O)/C=C/c1ccccc1. The van der Waals surface area contributed by atoms with Crippen molar-refractivity contribution >= 4 is 33.4 Å².